The fourth-order valence-corrected chi connectivity index (χ4v) is 3.63. The summed E-state index contributed by atoms with van der Waals surface area (Å²) in [6.07, 6.45) is 3.79. The number of carbonyl (C=O) groups is 1. The molecule has 152 valence electrons. The number of aromatic nitrogens is 3. The molecule has 0 saturated heterocycles. The van der Waals surface area contributed by atoms with Gasteiger partial charge in [0.2, 0.25) is 0 Å². The van der Waals surface area contributed by atoms with E-state index in [2.05, 4.69) is 44.1 Å². The van der Waals surface area contributed by atoms with Gasteiger partial charge in [-0.25, -0.2) is 4.98 Å². The van der Waals surface area contributed by atoms with Gasteiger partial charge in [-0.2, -0.15) is 0 Å². The summed E-state index contributed by atoms with van der Waals surface area (Å²) in [6.45, 7) is 1.26. The van der Waals surface area contributed by atoms with Gasteiger partial charge in [0.25, 0.3) is 0 Å². The average molecular weight is 400 g/mol. The largest absolute Gasteiger partial charge is 0.468 e. The fraction of sp³-hybridized carbons (Fsp3) is 0.208. The van der Waals surface area contributed by atoms with Gasteiger partial charge in [-0.1, -0.05) is 60.7 Å². The lowest BCUT2D eigenvalue weighted by atomic mass is 10.1. The van der Waals surface area contributed by atoms with Gasteiger partial charge in [-0.15, -0.1) is 0 Å². The Morgan fingerprint density at radius 1 is 0.967 bits per heavy atom. The van der Waals surface area contributed by atoms with Gasteiger partial charge in [-0.3, -0.25) is 14.7 Å². The van der Waals surface area contributed by atoms with Crippen molar-refractivity contribution >= 4 is 17.1 Å². The van der Waals surface area contributed by atoms with Crippen molar-refractivity contribution in [3.63, 3.8) is 0 Å². The van der Waals surface area contributed by atoms with Crippen molar-refractivity contribution in [3.05, 3.63) is 95.9 Å². The van der Waals surface area contributed by atoms with E-state index in [4.69, 9.17) is 4.74 Å². The molecule has 4 rings (SSSR count). The molecule has 0 aliphatic carbocycles. The molecule has 1 N–H and O–H groups in total. The molecule has 0 fully saturated rings. The maximum atomic E-state index is 12.8. The van der Waals surface area contributed by atoms with Crippen molar-refractivity contribution in [1.29, 1.82) is 0 Å². The number of nitrogens with zero attached hydrogens (tertiary/aromatic N) is 3. The van der Waals surface area contributed by atoms with Gasteiger partial charge in [0.05, 0.1) is 7.11 Å². The molecule has 6 nitrogen and oxygen atoms in total. The molecule has 0 bridgehead atoms. The topological polar surface area (TPSA) is 71.1 Å². The number of ether oxygens (including phenoxy) is 1. The summed E-state index contributed by atoms with van der Waals surface area (Å²) in [6, 6.07) is 21.8. The second-order valence-electron chi connectivity index (χ2n) is 7.20. The van der Waals surface area contributed by atoms with E-state index in [9.17, 15) is 4.79 Å². The highest BCUT2D eigenvalue weighted by Crippen LogP contribution is 2.19. The number of hydrogen-bond donors (Lipinski definition) is 1. The van der Waals surface area contributed by atoms with E-state index in [0.717, 1.165) is 22.3 Å². The Morgan fingerprint density at radius 3 is 2.13 bits per heavy atom. The van der Waals surface area contributed by atoms with Crippen molar-refractivity contribution in [1.82, 2.24) is 19.9 Å². The first kappa shape index (κ1) is 19.8. The van der Waals surface area contributed by atoms with E-state index >= 15 is 0 Å². The number of fused-ring (bicyclic) bond motifs is 1. The van der Waals surface area contributed by atoms with Crippen LogP contribution in [0.3, 0.4) is 0 Å². The van der Waals surface area contributed by atoms with E-state index in [1.807, 2.05) is 42.5 Å². The van der Waals surface area contributed by atoms with Crippen LogP contribution in [0.25, 0.3) is 11.2 Å². The number of hydrogen-bond acceptors (Lipinski definition) is 5. The van der Waals surface area contributed by atoms with Crippen LogP contribution in [0.1, 0.15) is 16.8 Å². The summed E-state index contributed by atoms with van der Waals surface area (Å²) in [5.41, 5.74) is 4.69. The molecule has 2 aromatic heterocycles. The molecule has 2 aromatic carbocycles. The molecule has 0 spiro atoms. The highest BCUT2D eigenvalue weighted by molar-refractivity contribution is 5.77. The third-order valence-electron chi connectivity index (χ3n) is 5.10. The average Bonchev–Trinajstić information content (AvgIpc) is 3.21. The van der Waals surface area contributed by atoms with Crippen LogP contribution in [0.5, 0.6) is 0 Å². The Kier molecular flexibility index (Phi) is 6.15. The number of H-pyrrole nitrogens is 1. The van der Waals surface area contributed by atoms with Crippen molar-refractivity contribution < 1.29 is 9.53 Å². The van der Waals surface area contributed by atoms with Crippen molar-refractivity contribution in [2.75, 3.05) is 7.11 Å². The Balaban J connectivity index is 1.65. The lowest BCUT2D eigenvalue weighted by molar-refractivity contribution is -0.147. The summed E-state index contributed by atoms with van der Waals surface area (Å²) in [7, 11) is 1.44. The number of esters is 1. The van der Waals surface area contributed by atoms with Crippen molar-refractivity contribution in [2.24, 2.45) is 0 Å². The summed E-state index contributed by atoms with van der Waals surface area (Å²) < 4.78 is 5.19. The Bertz CT molecular complexity index is 1020. The lowest BCUT2D eigenvalue weighted by Crippen LogP contribution is -2.42. The first-order valence-corrected chi connectivity index (χ1v) is 9.91. The van der Waals surface area contributed by atoms with Crippen LogP contribution in [0, 0.1) is 0 Å². The maximum Gasteiger partial charge on any atom is 0.323 e. The molecular weight excluding hydrogens is 376 g/mol. The molecule has 2 heterocycles. The smallest absolute Gasteiger partial charge is 0.323 e. The summed E-state index contributed by atoms with van der Waals surface area (Å²) >= 11 is 0. The zero-order valence-corrected chi connectivity index (χ0v) is 16.9. The molecule has 0 aliphatic rings. The molecule has 0 unspecified atom stereocenters. The number of methoxy groups -OCH3 is 1. The number of rotatable bonds is 8. The van der Waals surface area contributed by atoms with Crippen LogP contribution in [-0.2, 0) is 29.0 Å². The minimum Gasteiger partial charge on any atom is -0.468 e. The monoisotopic (exact) mass is 400 g/mol. The standard InChI is InChI=1S/C24H24N4O2/c1-30-24(29)22(15-20-14-21-23(27-20)26-13-12-25-21)28(16-18-8-4-2-5-9-18)17-19-10-6-3-7-11-19/h2-14,22H,15-17H2,1H3,(H,26,27)/t22-/m0/s1. The number of aromatic amines is 1. The third-order valence-corrected chi connectivity index (χ3v) is 5.10. The quantitative estimate of drug-likeness (QED) is 0.456. The van der Waals surface area contributed by atoms with E-state index in [-0.39, 0.29) is 5.97 Å². The second kappa shape index (κ2) is 9.33. The second-order valence-corrected chi connectivity index (χ2v) is 7.20. The zero-order chi connectivity index (χ0) is 20.8. The van der Waals surface area contributed by atoms with Crippen LogP contribution in [-0.4, -0.2) is 39.0 Å². The van der Waals surface area contributed by atoms with Crippen molar-refractivity contribution in [3.8, 4) is 0 Å². The van der Waals surface area contributed by atoms with Crippen LogP contribution in [0.15, 0.2) is 79.1 Å². The molecule has 6 heteroatoms. The van der Waals surface area contributed by atoms with Gasteiger partial charge < -0.3 is 9.72 Å². The highest BCUT2D eigenvalue weighted by atomic mass is 16.5. The van der Waals surface area contributed by atoms with Crippen LogP contribution in [0.4, 0.5) is 0 Å². The third kappa shape index (κ3) is 4.72. The van der Waals surface area contributed by atoms with E-state index in [1.165, 1.54) is 7.11 Å². The zero-order valence-electron chi connectivity index (χ0n) is 16.9. The number of nitrogens with one attached hydrogen (secondary N) is 1. The Hall–Kier alpha value is -3.51. The van der Waals surface area contributed by atoms with E-state index in [0.29, 0.717) is 25.2 Å². The van der Waals surface area contributed by atoms with Gasteiger partial charge in [-0.05, 0) is 17.2 Å². The normalized spacial score (nSPS) is 12.2. The van der Waals surface area contributed by atoms with Crippen molar-refractivity contribution in [2.45, 2.75) is 25.6 Å². The van der Waals surface area contributed by atoms with Crippen LogP contribution >= 0.6 is 0 Å². The lowest BCUT2D eigenvalue weighted by Gasteiger charge is -2.30. The van der Waals surface area contributed by atoms with Gasteiger partial charge in [0.15, 0.2) is 5.65 Å². The first-order valence-electron chi connectivity index (χ1n) is 9.91. The van der Waals surface area contributed by atoms with Gasteiger partial charge in [0, 0.05) is 37.6 Å². The molecule has 0 amide bonds. The van der Waals surface area contributed by atoms with E-state index in [1.54, 1.807) is 12.4 Å². The predicted molar refractivity (Wildman–Crippen MR) is 116 cm³/mol. The first-order chi connectivity index (χ1) is 14.7. The number of benzene rings is 2. The SMILES string of the molecule is COC(=O)[C@H](Cc1cc2nccnc2[nH]1)N(Cc1ccccc1)Cc1ccccc1. The molecule has 4 aromatic rings. The highest BCUT2D eigenvalue weighted by Gasteiger charge is 2.28. The summed E-state index contributed by atoms with van der Waals surface area (Å²) in [5.74, 6) is -0.263. The number of carbonyl (C=O) groups excluding carboxylic acids is 1. The Morgan fingerprint density at radius 2 is 1.57 bits per heavy atom. The summed E-state index contributed by atoms with van der Waals surface area (Å²) in [5, 5.41) is 0. The maximum absolute atomic E-state index is 12.8. The van der Waals surface area contributed by atoms with Gasteiger partial charge >= 0.3 is 5.97 Å². The minimum atomic E-state index is -0.455. The van der Waals surface area contributed by atoms with Crippen LogP contribution in [0.2, 0.25) is 0 Å². The van der Waals surface area contributed by atoms with Crippen LogP contribution < -0.4 is 0 Å². The minimum absolute atomic E-state index is 0.263. The molecule has 0 aliphatic heterocycles. The molecule has 30 heavy (non-hydrogen) atoms. The predicted octanol–water partition coefficient (Wildman–Crippen LogP) is 3.74. The molecular formula is C24H24N4O2. The summed E-state index contributed by atoms with van der Waals surface area (Å²) in [4.78, 5) is 26.9. The molecule has 0 saturated carbocycles. The van der Waals surface area contributed by atoms with E-state index < -0.39 is 6.04 Å². The molecule has 1 atom stereocenters. The van der Waals surface area contributed by atoms with Gasteiger partial charge in [0.1, 0.15) is 11.6 Å². The molecule has 0 radical (unpaired) electrons. The Labute approximate surface area is 175 Å². The fourth-order valence-electron chi connectivity index (χ4n) is 3.63.